The highest BCUT2D eigenvalue weighted by Gasteiger charge is 2.22. The van der Waals surface area contributed by atoms with Gasteiger partial charge in [-0.25, -0.2) is 0 Å². The van der Waals surface area contributed by atoms with Crippen LogP contribution >= 0.6 is 0 Å². The van der Waals surface area contributed by atoms with Gasteiger partial charge in [-0.2, -0.15) is 8.42 Å². The second-order valence-corrected chi connectivity index (χ2v) is 10.1. The van der Waals surface area contributed by atoms with Gasteiger partial charge >= 0.3 is 5.97 Å². The van der Waals surface area contributed by atoms with Crippen LogP contribution in [0.3, 0.4) is 0 Å². The van der Waals surface area contributed by atoms with Crippen LogP contribution in [0.1, 0.15) is 50.5 Å². The topological polar surface area (TPSA) is 90.9 Å². The van der Waals surface area contributed by atoms with E-state index < -0.39 is 22.2 Å². The molecule has 0 spiro atoms. The summed E-state index contributed by atoms with van der Waals surface area (Å²) in [7, 11) is -3.70. The van der Waals surface area contributed by atoms with Crippen LogP contribution in [0.15, 0.2) is 42.5 Å². The second kappa shape index (κ2) is 10.3. The van der Waals surface area contributed by atoms with Crippen molar-refractivity contribution in [2.75, 3.05) is 12.8 Å². The molecule has 170 valence electrons. The van der Waals surface area contributed by atoms with E-state index in [0.717, 1.165) is 11.8 Å². The molecule has 2 rings (SSSR count). The summed E-state index contributed by atoms with van der Waals surface area (Å²) >= 11 is 0. The van der Waals surface area contributed by atoms with Crippen molar-refractivity contribution in [1.29, 1.82) is 0 Å². The molecule has 7 nitrogen and oxygen atoms in total. The molecule has 2 aromatic carbocycles. The van der Waals surface area contributed by atoms with Gasteiger partial charge in [0.15, 0.2) is 0 Å². The zero-order valence-electron chi connectivity index (χ0n) is 18.9. The van der Waals surface area contributed by atoms with Crippen molar-refractivity contribution < 1.29 is 26.9 Å². The van der Waals surface area contributed by atoms with E-state index in [2.05, 4.69) is 5.32 Å². The number of nitrogens with one attached hydrogen (secondary N) is 1. The Balaban J connectivity index is 2.38. The van der Waals surface area contributed by atoms with Gasteiger partial charge in [0, 0.05) is 24.6 Å². The molecule has 0 aliphatic rings. The van der Waals surface area contributed by atoms with E-state index in [1.54, 1.807) is 18.2 Å². The highest BCUT2D eigenvalue weighted by molar-refractivity contribution is 7.86. The molecule has 0 aliphatic heterocycles. The SMILES string of the molecule is CC(=O)OCc1cc(C(CNC(C)(C)C)OS(C)(=O)=O)ccc1Oc1ccc(C)cc1. The van der Waals surface area contributed by atoms with Gasteiger partial charge in [-0.3, -0.25) is 8.98 Å². The fourth-order valence-corrected chi connectivity index (χ4v) is 3.34. The van der Waals surface area contributed by atoms with Gasteiger partial charge in [0.05, 0.1) is 6.26 Å². The molecule has 0 bridgehead atoms. The van der Waals surface area contributed by atoms with E-state index in [0.29, 0.717) is 22.6 Å². The van der Waals surface area contributed by atoms with Crippen LogP contribution in [-0.2, 0) is 30.4 Å². The number of aryl methyl sites for hydroxylation is 1. The molecule has 31 heavy (non-hydrogen) atoms. The predicted molar refractivity (Wildman–Crippen MR) is 120 cm³/mol. The van der Waals surface area contributed by atoms with Crippen LogP contribution in [0.2, 0.25) is 0 Å². The van der Waals surface area contributed by atoms with Crippen molar-refractivity contribution in [1.82, 2.24) is 5.32 Å². The quantitative estimate of drug-likeness (QED) is 0.452. The van der Waals surface area contributed by atoms with Crippen LogP contribution in [0.5, 0.6) is 11.5 Å². The Morgan fingerprint density at radius 2 is 1.74 bits per heavy atom. The first-order chi connectivity index (χ1) is 14.3. The first-order valence-corrected chi connectivity index (χ1v) is 11.8. The molecular formula is C23H31NO6S. The summed E-state index contributed by atoms with van der Waals surface area (Å²) in [4.78, 5) is 11.4. The minimum absolute atomic E-state index is 0.0112. The van der Waals surface area contributed by atoms with Crippen LogP contribution < -0.4 is 10.1 Å². The number of hydrogen-bond donors (Lipinski definition) is 1. The fraction of sp³-hybridized carbons (Fsp3) is 0.435. The lowest BCUT2D eigenvalue weighted by molar-refractivity contribution is -0.142. The first kappa shape index (κ1) is 24.8. The van der Waals surface area contributed by atoms with Gasteiger partial charge in [-0.15, -0.1) is 0 Å². The number of hydrogen-bond acceptors (Lipinski definition) is 7. The molecule has 2 aromatic rings. The Hall–Kier alpha value is -2.42. The fourth-order valence-electron chi connectivity index (χ4n) is 2.74. The lowest BCUT2D eigenvalue weighted by atomic mass is 10.0. The average Bonchev–Trinajstić information content (AvgIpc) is 2.64. The molecule has 0 fully saturated rings. The maximum atomic E-state index is 11.8. The van der Waals surface area contributed by atoms with E-state index in [9.17, 15) is 13.2 Å². The van der Waals surface area contributed by atoms with Gasteiger partial charge in [0.25, 0.3) is 10.1 Å². The van der Waals surface area contributed by atoms with Crippen molar-refractivity contribution in [3.63, 3.8) is 0 Å². The van der Waals surface area contributed by atoms with E-state index in [-0.39, 0.29) is 18.7 Å². The Morgan fingerprint density at radius 3 is 2.29 bits per heavy atom. The summed E-state index contributed by atoms with van der Waals surface area (Å²) in [5, 5.41) is 3.27. The van der Waals surface area contributed by atoms with E-state index in [1.165, 1.54) is 6.92 Å². The highest BCUT2D eigenvalue weighted by atomic mass is 32.2. The van der Waals surface area contributed by atoms with Crippen molar-refractivity contribution >= 4 is 16.1 Å². The summed E-state index contributed by atoms with van der Waals surface area (Å²) < 4.78 is 40.2. The summed E-state index contributed by atoms with van der Waals surface area (Å²) in [6.07, 6.45) is 0.268. The van der Waals surface area contributed by atoms with Crippen molar-refractivity contribution in [2.45, 2.75) is 52.9 Å². The van der Waals surface area contributed by atoms with Crippen molar-refractivity contribution in [3.05, 3.63) is 59.2 Å². The van der Waals surface area contributed by atoms with E-state index in [1.807, 2.05) is 52.0 Å². The van der Waals surface area contributed by atoms with Crippen molar-refractivity contribution in [2.24, 2.45) is 0 Å². The van der Waals surface area contributed by atoms with Crippen LogP contribution in [0, 0.1) is 6.92 Å². The van der Waals surface area contributed by atoms with Gasteiger partial charge in [-0.1, -0.05) is 23.8 Å². The maximum absolute atomic E-state index is 11.8. The third kappa shape index (κ3) is 9.08. The molecule has 0 amide bonds. The third-order valence-corrected chi connectivity index (χ3v) is 4.83. The molecule has 0 radical (unpaired) electrons. The molecule has 1 unspecified atom stereocenters. The Bertz CT molecular complexity index is 994. The number of esters is 1. The molecule has 1 N–H and O–H groups in total. The van der Waals surface area contributed by atoms with Gasteiger partial charge in [0.2, 0.25) is 0 Å². The molecule has 0 saturated carbocycles. The Morgan fingerprint density at radius 1 is 1.10 bits per heavy atom. The summed E-state index contributed by atoms with van der Waals surface area (Å²) in [5.74, 6) is 0.724. The standard InChI is InChI=1S/C23H31NO6S/c1-16-7-10-20(11-8-16)29-21-12-9-18(13-19(21)15-28-17(2)25)22(30-31(6,26)27)14-24-23(3,4)5/h7-13,22,24H,14-15H2,1-6H3. The minimum atomic E-state index is -3.70. The number of carbonyl (C=O) groups excluding carboxylic acids is 1. The number of rotatable bonds is 9. The zero-order chi connectivity index (χ0) is 23.2. The first-order valence-electron chi connectivity index (χ1n) is 9.96. The molecule has 0 saturated heterocycles. The molecular weight excluding hydrogens is 418 g/mol. The van der Waals surface area contributed by atoms with Crippen LogP contribution in [0.4, 0.5) is 0 Å². The largest absolute Gasteiger partial charge is 0.461 e. The Labute approximate surface area is 184 Å². The average molecular weight is 450 g/mol. The second-order valence-electron chi connectivity index (χ2n) is 8.48. The third-order valence-electron chi connectivity index (χ3n) is 4.24. The van der Waals surface area contributed by atoms with Crippen LogP contribution in [-0.4, -0.2) is 32.7 Å². The summed E-state index contributed by atoms with van der Waals surface area (Å²) in [5.41, 5.74) is 2.11. The number of carbonyl (C=O) groups is 1. The van der Waals surface area contributed by atoms with Gasteiger partial charge in [-0.05, 0) is 57.5 Å². The van der Waals surface area contributed by atoms with Crippen molar-refractivity contribution in [3.8, 4) is 11.5 Å². The summed E-state index contributed by atoms with van der Waals surface area (Å²) in [6, 6.07) is 12.8. The van der Waals surface area contributed by atoms with Gasteiger partial charge < -0.3 is 14.8 Å². The monoisotopic (exact) mass is 449 g/mol. The van der Waals surface area contributed by atoms with E-state index in [4.69, 9.17) is 13.7 Å². The molecule has 8 heteroatoms. The lowest BCUT2D eigenvalue weighted by Gasteiger charge is -2.25. The molecule has 0 aromatic heterocycles. The smallest absolute Gasteiger partial charge is 0.302 e. The van der Waals surface area contributed by atoms with E-state index >= 15 is 0 Å². The molecule has 0 heterocycles. The molecule has 1 atom stereocenters. The Kier molecular flexibility index (Phi) is 8.22. The number of ether oxygens (including phenoxy) is 2. The maximum Gasteiger partial charge on any atom is 0.302 e. The number of benzene rings is 2. The normalized spacial score (nSPS) is 13.0. The minimum Gasteiger partial charge on any atom is -0.461 e. The highest BCUT2D eigenvalue weighted by Crippen LogP contribution is 2.30. The summed E-state index contributed by atoms with van der Waals surface area (Å²) in [6.45, 7) is 9.52. The lowest BCUT2D eigenvalue weighted by Crippen LogP contribution is -2.39. The zero-order valence-corrected chi connectivity index (χ0v) is 19.7. The molecule has 0 aliphatic carbocycles. The van der Waals surface area contributed by atoms with Gasteiger partial charge in [0.1, 0.15) is 24.2 Å². The van der Waals surface area contributed by atoms with Crippen LogP contribution in [0.25, 0.3) is 0 Å². The predicted octanol–water partition coefficient (Wildman–Crippen LogP) is 4.26.